The highest BCUT2D eigenvalue weighted by Gasteiger charge is 2.54. The van der Waals surface area contributed by atoms with E-state index in [1.807, 2.05) is 19.9 Å². The Hall–Kier alpha value is -2.52. The van der Waals surface area contributed by atoms with Crippen LogP contribution in [0.25, 0.3) is 11.1 Å². The number of fused-ring (bicyclic) bond motifs is 1. The van der Waals surface area contributed by atoms with Gasteiger partial charge in [-0.05, 0) is 49.1 Å². The van der Waals surface area contributed by atoms with E-state index in [-0.39, 0.29) is 39.9 Å². The Bertz CT molecular complexity index is 1280. The molecule has 0 bridgehead atoms. The fourth-order valence-corrected chi connectivity index (χ4v) is 6.48. The van der Waals surface area contributed by atoms with Gasteiger partial charge in [0.1, 0.15) is 15.2 Å². The lowest BCUT2D eigenvalue weighted by atomic mass is 9.61. The summed E-state index contributed by atoms with van der Waals surface area (Å²) >= 11 is 6.02. The van der Waals surface area contributed by atoms with Crippen LogP contribution in [-0.4, -0.2) is 40.0 Å². The maximum absolute atomic E-state index is 12.5. The lowest BCUT2D eigenvalue weighted by molar-refractivity contribution is 0.0403. The lowest BCUT2D eigenvalue weighted by Gasteiger charge is -2.58. The maximum Gasteiger partial charge on any atom is 0.298 e. The number of carbonyl (C=O) groups excluding carboxylic acids is 1. The van der Waals surface area contributed by atoms with Gasteiger partial charge in [-0.3, -0.25) is 4.79 Å². The summed E-state index contributed by atoms with van der Waals surface area (Å²) in [6, 6.07) is 9.03. The number of carbonyl (C=O) groups is 1. The summed E-state index contributed by atoms with van der Waals surface area (Å²) < 4.78 is 31.8. The number of nitrogens with zero attached hydrogens (tertiary/aromatic N) is 2. The van der Waals surface area contributed by atoms with Gasteiger partial charge in [0.2, 0.25) is 0 Å². The zero-order valence-electron chi connectivity index (χ0n) is 17.9. The molecule has 3 aromatic rings. The fourth-order valence-electron chi connectivity index (χ4n) is 4.70. The zero-order chi connectivity index (χ0) is 22.7. The number of rotatable bonds is 6. The van der Waals surface area contributed by atoms with E-state index in [0.717, 1.165) is 31.4 Å². The Morgan fingerprint density at radius 3 is 2.78 bits per heavy atom. The number of oxazole rings is 1. The SMILES string of the molecule is CC(C)CS(=N)(=O)c1ccc(C(=O)NC2CC3(C2)CN(c2nc4cc(Cl)ccc4o2)C3)o1. The van der Waals surface area contributed by atoms with Crippen LogP contribution in [0.3, 0.4) is 0 Å². The van der Waals surface area contributed by atoms with Gasteiger partial charge in [0, 0.05) is 35.3 Å². The van der Waals surface area contributed by atoms with E-state index in [1.54, 1.807) is 12.1 Å². The first-order valence-corrected chi connectivity index (χ1v) is 12.7. The molecule has 1 atom stereocenters. The van der Waals surface area contributed by atoms with Crippen LogP contribution in [0.2, 0.25) is 5.02 Å². The number of hydrogen-bond donors (Lipinski definition) is 2. The number of amides is 1. The number of halogens is 1. The van der Waals surface area contributed by atoms with E-state index in [4.69, 9.17) is 25.2 Å². The van der Waals surface area contributed by atoms with E-state index in [9.17, 15) is 9.00 Å². The van der Waals surface area contributed by atoms with Crippen molar-refractivity contribution < 1.29 is 17.8 Å². The van der Waals surface area contributed by atoms with Crippen molar-refractivity contribution in [2.24, 2.45) is 11.3 Å². The van der Waals surface area contributed by atoms with Gasteiger partial charge in [-0.2, -0.15) is 4.98 Å². The van der Waals surface area contributed by atoms with E-state index >= 15 is 0 Å². The van der Waals surface area contributed by atoms with Gasteiger partial charge in [-0.25, -0.2) is 8.99 Å². The summed E-state index contributed by atoms with van der Waals surface area (Å²) in [6.45, 7) is 5.47. The summed E-state index contributed by atoms with van der Waals surface area (Å²) in [5.74, 6) is 0.0761. The van der Waals surface area contributed by atoms with Gasteiger partial charge < -0.3 is 19.1 Å². The summed E-state index contributed by atoms with van der Waals surface area (Å²) in [4.78, 5) is 19.2. The van der Waals surface area contributed by atoms with Gasteiger partial charge in [-0.1, -0.05) is 25.4 Å². The second kappa shape index (κ2) is 7.52. The molecule has 32 heavy (non-hydrogen) atoms. The third kappa shape index (κ3) is 3.88. The molecule has 1 saturated carbocycles. The normalized spacial score (nSPS) is 19.7. The van der Waals surface area contributed by atoms with Crippen LogP contribution in [0.1, 0.15) is 37.2 Å². The summed E-state index contributed by atoms with van der Waals surface area (Å²) in [7, 11) is -3.02. The molecule has 10 heteroatoms. The molecule has 5 rings (SSSR count). The molecule has 2 N–H and O–H groups in total. The van der Waals surface area contributed by atoms with Gasteiger partial charge in [0.25, 0.3) is 11.9 Å². The minimum Gasteiger partial charge on any atom is -0.441 e. The van der Waals surface area contributed by atoms with Crippen LogP contribution >= 0.6 is 11.6 Å². The van der Waals surface area contributed by atoms with Gasteiger partial charge in [0.05, 0.1) is 0 Å². The first-order chi connectivity index (χ1) is 15.1. The van der Waals surface area contributed by atoms with Gasteiger partial charge in [0.15, 0.2) is 16.4 Å². The van der Waals surface area contributed by atoms with Crippen molar-refractivity contribution in [3.05, 3.63) is 41.1 Å². The topological polar surface area (TPSA) is 112 Å². The second-order valence-electron chi connectivity index (χ2n) is 9.40. The molecule has 3 heterocycles. The number of benzene rings is 1. The molecule has 170 valence electrons. The Morgan fingerprint density at radius 2 is 2.06 bits per heavy atom. The van der Waals surface area contributed by atoms with Crippen LogP contribution < -0.4 is 10.2 Å². The number of furan rings is 1. The van der Waals surface area contributed by atoms with E-state index in [0.29, 0.717) is 16.6 Å². The third-order valence-electron chi connectivity index (χ3n) is 6.05. The molecule has 0 radical (unpaired) electrons. The summed E-state index contributed by atoms with van der Waals surface area (Å²) in [6.07, 6.45) is 1.74. The minimum atomic E-state index is -3.02. The van der Waals surface area contributed by atoms with Crippen molar-refractivity contribution in [1.82, 2.24) is 10.3 Å². The Kier molecular flexibility index (Phi) is 5.01. The molecule has 1 aromatic carbocycles. The van der Waals surface area contributed by atoms with Crippen LogP contribution in [0.4, 0.5) is 6.01 Å². The first-order valence-electron chi connectivity index (χ1n) is 10.6. The molecule has 1 amide bonds. The molecule has 1 aliphatic carbocycles. The number of nitrogens with one attached hydrogen (secondary N) is 2. The number of aromatic nitrogens is 1. The first kappa shape index (κ1) is 21.3. The standard InChI is InChI=1S/C22H25ClN4O4S/c1-13(2)10-32(24,29)19-6-5-18(30-19)20(28)25-15-8-22(9-15)11-27(12-22)21-26-16-7-14(23)3-4-17(16)31-21/h3-7,13,15,24H,8-12H2,1-2H3,(H,25,28). The number of hydrogen-bond acceptors (Lipinski definition) is 7. The van der Waals surface area contributed by atoms with Crippen molar-refractivity contribution in [3.8, 4) is 0 Å². The third-order valence-corrected chi connectivity index (χ3v) is 8.29. The molecule has 1 saturated heterocycles. The van der Waals surface area contributed by atoms with Crippen molar-refractivity contribution >= 4 is 44.4 Å². The number of anilines is 1. The fraction of sp³-hybridized carbons (Fsp3) is 0.455. The molecule has 1 unspecified atom stereocenters. The Balaban J connectivity index is 1.14. The predicted molar refractivity (Wildman–Crippen MR) is 122 cm³/mol. The lowest BCUT2D eigenvalue weighted by Crippen LogP contribution is -2.66. The highest BCUT2D eigenvalue weighted by molar-refractivity contribution is 7.92. The van der Waals surface area contributed by atoms with Crippen molar-refractivity contribution in [1.29, 1.82) is 4.78 Å². The van der Waals surface area contributed by atoms with E-state index in [2.05, 4.69) is 15.2 Å². The Labute approximate surface area is 191 Å². The molecule has 1 aliphatic heterocycles. The molecular formula is C22H25ClN4O4S. The molecule has 2 aromatic heterocycles. The van der Waals surface area contributed by atoms with Crippen molar-refractivity contribution in [3.63, 3.8) is 0 Å². The van der Waals surface area contributed by atoms with Crippen molar-refractivity contribution in [2.45, 2.75) is 37.8 Å². The predicted octanol–water partition coefficient (Wildman–Crippen LogP) is 4.53. The Morgan fingerprint density at radius 1 is 1.31 bits per heavy atom. The van der Waals surface area contributed by atoms with Gasteiger partial charge in [-0.15, -0.1) is 0 Å². The maximum atomic E-state index is 12.5. The van der Waals surface area contributed by atoms with E-state index < -0.39 is 9.73 Å². The van der Waals surface area contributed by atoms with E-state index in [1.165, 1.54) is 12.1 Å². The smallest absolute Gasteiger partial charge is 0.298 e. The van der Waals surface area contributed by atoms with Crippen molar-refractivity contribution in [2.75, 3.05) is 23.7 Å². The largest absolute Gasteiger partial charge is 0.441 e. The quantitative estimate of drug-likeness (QED) is 0.540. The van der Waals surface area contributed by atoms with Crippen LogP contribution in [0.15, 0.2) is 44.3 Å². The van der Waals surface area contributed by atoms with Crippen LogP contribution in [0, 0.1) is 16.1 Å². The summed E-state index contributed by atoms with van der Waals surface area (Å²) in [5.41, 5.74) is 1.62. The van der Waals surface area contributed by atoms with Gasteiger partial charge >= 0.3 is 0 Å². The highest BCUT2D eigenvalue weighted by Crippen LogP contribution is 2.49. The van der Waals surface area contributed by atoms with Crippen LogP contribution in [0.5, 0.6) is 0 Å². The average molecular weight is 477 g/mol. The minimum absolute atomic E-state index is 0.0655. The molecule has 8 nitrogen and oxygen atoms in total. The monoisotopic (exact) mass is 476 g/mol. The molecule has 2 aliphatic rings. The summed E-state index contributed by atoms with van der Waals surface area (Å²) in [5, 5.41) is 3.68. The molecular weight excluding hydrogens is 452 g/mol. The molecule has 2 fully saturated rings. The average Bonchev–Trinajstić information content (AvgIpc) is 3.28. The second-order valence-corrected chi connectivity index (χ2v) is 11.9. The zero-order valence-corrected chi connectivity index (χ0v) is 19.5. The van der Waals surface area contributed by atoms with Crippen LogP contribution in [-0.2, 0) is 9.73 Å². The molecule has 1 spiro atoms. The highest BCUT2D eigenvalue weighted by atomic mass is 35.5.